The van der Waals surface area contributed by atoms with Gasteiger partial charge in [-0.1, -0.05) is 48.0 Å². The van der Waals surface area contributed by atoms with E-state index in [2.05, 4.69) is 15.2 Å². The molecule has 3 saturated heterocycles. The number of benzene rings is 2. The van der Waals surface area contributed by atoms with Crippen molar-refractivity contribution in [3.05, 3.63) is 72.0 Å². The fourth-order valence-electron chi connectivity index (χ4n) is 5.16. The van der Waals surface area contributed by atoms with Gasteiger partial charge in [-0.2, -0.15) is 0 Å². The highest BCUT2D eigenvalue weighted by Crippen LogP contribution is 2.36. The molecule has 0 amide bonds. The Morgan fingerprint density at radius 3 is 2.47 bits per heavy atom. The Labute approximate surface area is 203 Å². The van der Waals surface area contributed by atoms with Crippen molar-refractivity contribution >= 4 is 38.5 Å². The van der Waals surface area contributed by atoms with Gasteiger partial charge in [0.25, 0.3) is 10.0 Å². The average Bonchev–Trinajstić information content (AvgIpc) is 3.27. The monoisotopic (exact) mass is 493 g/mol. The molecule has 0 radical (unpaired) electrons. The molecule has 9 heteroatoms. The van der Waals surface area contributed by atoms with Crippen LogP contribution in [0.25, 0.3) is 22.2 Å². The summed E-state index contributed by atoms with van der Waals surface area (Å²) in [7, 11) is -3.80. The van der Waals surface area contributed by atoms with E-state index in [4.69, 9.17) is 16.6 Å². The van der Waals surface area contributed by atoms with Gasteiger partial charge in [-0.15, -0.1) is 0 Å². The average molecular weight is 494 g/mol. The maximum atomic E-state index is 13.5. The molecule has 3 aliphatic heterocycles. The molecule has 4 aromatic rings. The van der Waals surface area contributed by atoms with Crippen LogP contribution in [0.5, 0.6) is 0 Å². The molecular weight excluding hydrogens is 470 g/mol. The third-order valence-electron chi connectivity index (χ3n) is 6.95. The lowest BCUT2D eigenvalue weighted by Gasteiger charge is -2.44. The molecule has 174 valence electrons. The SMILES string of the molecule is O=S(=O)(c1ccccc1)n1cc(-c2nc(N[C@@H]3CN4CCC3CC4)ncc2Cl)c2ccccc21. The van der Waals surface area contributed by atoms with Crippen LogP contribution in [0, 0.1) is 5.92 Å². The Balaban J connectivity index is 1.43. The molecular formula is C25H24ClN5O2S. The van der Waals surface area contributed by atoms with E-state index < -0.39 is 10.0 Å². The first-order valence-corrected chi connectivity index (χ1v) is 13.2. The topological polar surface area (TPSA) is 80.1 Å². The normalized spacial score (nSPS) is 22.2. The Morgan fingerprint density at radius 1 is 1.00 bits per heavy atom. The van der Waals surface area contributed by atoms with Crippen molar-refractivity contribution in [2.24, 2.45) is 5.92 Å². The van der Waals surface area contributed by atoms with E-state index in [1.165, 1.54) is 16.8 Å². The van der Waals surface area contributed by atoms with E-state index in [0.717, 1.165) is 25.0 Å². The molecule has 3 aliphatic rings. The van der Waals surface area contributed by atoms with Crippen molar-refractivity contribution in [2.45, 2.75) is 23.8 Å². The molecule has 3 fully saturated rings. The maximum Gasteiger partial charge on any atom is 0.268 e. The van der Waals surface area contributed by atoms with E-state index in [9.17, 15) is 8.42 Å². The van der Waals surface area contributed by atoms with E-state index in [-0.39, 0.29) is 4.90 Å². The van der Waals surface area contributed by atoms with Crippen LogP contribution in [0.1, 0.15) is 12.8 Å². The minimum absolute atomic E-state index is 0.223. The van der Waals surface area contributed by atoms with Gasteiger partial charge in [0.2, 0.25) is 5.95 Å². The standard InChI is InChI=1S/C25H24ClN5O2S/c26-21-14-27-25(28-22-16-30-12-10-17(22)11-13-30)29-24(21)20-15-31(23-9-5-4-8-19(20)23)34(32,33)18-6-2-1-3-7-18/h1-9,14-15,17,22H,10-13,16H2,(H,27,28,29)/t22-/m1/s1. The van der Waals surface area contributed by atoms with E-state index in [0.29, 0.717) is 39.7 Å². The van der Waals surface area contributed by atoms with Gasteiger partial charge < -0.3 is 10.2 Å². The third-order valence-corrected chi connectivity index (χ3v) is 8.91. The molecule has 34 heavy (non-hydrogen) atoms. The second kappa shape index (κ2) is 8.37. The number of piperidine rings is 3. The minimum Gasteiger partial charge on any atom is -0.350 e. The highest BCUT2D eigenvalue weighted by atomic mass is 35.5. The zero-order valence-electron chi connectivity index (χ0n) is 18.4. The van der Waals surface area contributed by atoms with Gasteiger partial charge in [0.15, 0.2) is 0 Å². The number of aromatic nitrogens is 3. The number of fused-ring (bicyclic) bond motifs is 4. The lowest BCUT2D eigenvalue weighted by Crippen LogP contribution is -2.53. The molecule has 0 saturated carbocycles. The van der Waals surface area contributed by atoms with Crippen LogP contribution < -0.4 is 5.32 Å². The van der Waals surface area contributed by atoms with Crippen LogP contribution >= 0.6 is 11.6 Å². The zero-order valence-corrected chi connectivity index (χ0v) is 20.0. The second-order valence-corrected chi connectivity index (χ2v) is 11.2. The summed E-state index contributed by atoms with van der Waals surface area (Å²) in [5.41, 5.74) is 1.74. The van der Waals surface area contributed by atoms with Crippen LogP contribution in [0.4, 0.5) is 5.95 Å². The molecule has 7 rings (SSSR count). The summed E-state index contributed by atoms with van der Waals surface area (Å²) in [4.78, 5) is 11.9. The van der Waals surface area contributed by atoms with Crippen LogP contribution in [0.3, 0.4) is 0 Å². The van der Waals surface area contributed by atoms with Crippen molar-refractivity contribution < 1.29 is 8.42 Å². The maximum absolute atomic E-state index is 13.5. The van der Waals surface area contributed by atoms with Crippen molar-refractivity contribution in [1.82, 2.24) is 18.8 Å². The van der Waals surface area contributed by atoms with Gasteiger partial charge >= 0.3 is 0 Å². The van der Waals surface area contributed by atoms with E-state index in [1.54, 1.807) is 48.8 Å². The highest BCUT2D eigenvalue weighted by molar-refractivity contribution is 7.90. The van der Waals surface area contributed by atoms with Gasteiger partial charge in [-0.05, 0) is 50.0 Å². The molecule has 2 aromatic carbocycles. The number of hydrogen-bond donors (Lipinski definition) is 1. The predicted molar refractivity (Wildman–Crippen MR) is 134 cm³/mol. The first-order chi connectivity index (χ1) is 16.5. The lowest BCUT2D eigenvalue weighted by atomic mass is 9.84. The number of nitrogens with one attached hydrogen (secondary N) is 1. The van der Waals surface area contributed by atoms with Crippen LogP contribution in [0.15, 0.2) is 71.9 Å². The van der Waals surface area contributed by atoms with Gasteiger partial charge in [-0.25, -0.2) is 22.4 Å². The number of para-hydroxylation sites is 1. The largest absolute Gasteiger partial charge is 0.350 e. The first-order valence-electron chi connectivity index (χ1n) is 11.4. The number of nitrogens with zero attached hydrogens (tertiary/aromatic N) is 4. The van der Waals surface area contributed by atoms with Crippen molar-refractivity contribution in [3.63, 3.8) is 0 Å². The second-order valence-electron chi connectivity index (χ2n) is 8.95. The smallest absolute Gasteiger partial charge is 0.268 e. The number of halogens is 1. The first kappa shape index (κ1) is 21.6. The van der Waals surface area contributed by atoms with Crippen molar-refractivity contribution in [3.8, 4) is 11.3 Å². The molecule has 2 bridgehead atoms. The van der Waals surface area contributed by atoms with Crippen LogP contribution in [-0.2, 0) is 10.0 Å². The molecule has 5 heterocycles. The summed E-state index contributed by atoms with van der Waals surface area (Å²) in [5.74, 6) is 1.13. The summed E-state index contributed by atoms with van der Waals surface area (Å²) < 4.78 is 28.2. The van der Waals surface area contributed by atoms with E-state index >= 15 is 0 Å². The fourth-order valence-corrected chi connectivity index (χ4v) is 6.75. The summed E-state index contributed by atoms with van der Waals surface area (Å²) in [6.07, 6.45) is 5.57. The molecule has 7 nitrogen and oxygen atoms in total. The lowest BCUT2D eigenvalue weighted by molar-refractivity contribution is 0.0972. The molecule has 0 unspecified atom stereocenters. The van der Waals surface area contributed by atoms with E-state index in [1.807, 2.05) is 18.2 Å². The van der Waals surface area contributed by atoms with Gasteiger partial charge in [0.05, 0.1) is 27.3 Å². The predicted octanol–water partition coefficient (Wildman–Crippen LogP) is 4.49. The summed E-state index contributed by atoms with van der Waals surface area (Å²) >= 11 is 6.56. The Morgan fingerprint density at radius 2 is 1.74 bits per heavy atom. The number of anilines is 1. The summed E-state index contributed by atoms with van der Waals surface area (Å²) in [6, 6.07) is 16.1. The van der Waals surface area contributed by atoms with Crippen molar-refractivity contribution in [2.75, 3.05) is 25.0 Å². The minimum atomic E-state index is -3.80. The molecule has 1 atom stereocenters. The number of rotatable bonds is 5. The number of hydrogen-bond acceptors (Lipinski definition) is 6. The Bertz CT molecular complexity index is 1460. The molecule has 0 spiro atoms. The third kappa shape index (κ3) is 3.66. The van der Waals surface area contributed by atoms with Gasteiger partial charge in [0, 0.05) is 29.7 Å². The Kier molecular flexibility index (Phi) is 5.32. The van der Waals surface area contributed by atoms with Gasteiger partial charge in [0.1, 0.15) is 0 Å². The summed E-state index contributed by atoms with van der Waals surface area (Å²) in [5, 5.41) is 4.65. The van der Waals surface area contributed by atoms with Crippen LogP contribution in [0.2, 0.25) is 5.02 Å². The Hall–Kier alpha value is -2.94. The fraction of sp³-hybridized carbons (Fsp3) is 0.280. The highest BCUT2D eigenvalue weighted by Gasteiger charge is 2.34. The zero-order chi connectivity index (χ0) is 23.3. The molecule has 1 N–H and O–H groups in total. The molecule has 2 aromatic heterocycles. The van der Waals surface area contributed by atoms with Crippen LogP contribution in [-0.4, -0.2) is 52.9 Å². The quantitative estimate of drug-likeness (QED) is 0.441. The van der Waals surface area contributed by atoms with Crippen molar-refractivity contribution in [1.29, 1.82) is 0 Å². The molecule has 0 aliphatic carbocycles. The summed E-state index contributed by atoms with van der Waals surface area (Å²) in [6.45, 7) is 3.30. The van der Waals surface area contributed by atoms with Gasteiger partial charge in [-0.3, -0.25) is 0 Å².